The Morgan fingerprint density at radius 1 is 1.56 bits per heavy atom. The molecule has 0 amide bonds. The molecule has 18 heavy (non-hydrogen) atoms. The number of halogens is 1. The second kappa shape index (κ2) is 6.15. The summed E-state index contributed by atoms with van der Waals surface area (Å²) in [5.74, 6) is 0. The molecule has 0 unspecified atom stereocenters. The van der Waals surface area contributed by atoms with Crippen LogP contribution in [0.25, 0.3) is 0 Å². The van der Waals surface area contributed by atoms with Crippen LogP contribution in [0.15, 0.2) is 22.7 Å². The van der Waals surface area contributed by atoms with E-state index in [2.05, 4.69) is 26.6 Å². The van der Waals surface area contributed by atoms with E-state index >= 15 is 0 Å². The number of anilines is 1. The van der Waals surface area contributed by atoms with Gasteiger partial charge in [0.1, 0.15) is 5.69 Å². The summed E-state index contributed by atoms with van der Waals surface area (Å²) in [6.45, 7) is 1.84. The molecule has 1 saturated heterocycles. The van der Waals surface area contributed by atoms with E-state index in [1.807, 2.05) is 6.07 Å². The number of rotatable bonds is 5. The molecule has 0 aliphatic carbocycles. The van der Waals surface area contributed by atoms with Crippen LogP contribution >= 0.6 is 15.9 Å². The van der Waals surface area contributed by atoms with Crippen molar-refractivity contribution in [3.63, 3.8) is 0 Å². The first-order valence-electron chi connectivity index (χ1n) is 6.08. The maximum absolute atomic E-state index is 10.9. The van der Waals surface area contributed by atoms with Crippen LogP contribution in [0.5, 0.6) is 0 Å². The molecule has 1 aliphatic rings. The quantitative estimate of drug-likeness (QED) is 0.648. The molecule has 1 aliphatic heterocycles. The minimum atomic E-state index is -0.360. The predicted molar refractivity (Wildman–Crippen MR) is 74.9 cm³/mol. The van der Waals surface area contributed by atoms with Gasteiger partial charge in [-0.15, -0.1) is 0 Å². The predicted octanol–water partition coefficient (Wildman–Crippen LogP) is 2.91. The van der Waals surface area contributed by atoms with Crippen molar-refractivity contribution in [2.24, 2.45) is 0 Å². The Morgan fingerprint density at radius 3 is 3.06 bits per heavy atom. The number of nitro groups is 1. The zero-order valence-electron chi connectivity index (χ0n) is 9.99. The Hall–Kier alpha value is -1.14. The van der Waals surface area contributed by atoms with Crippen LogP contribution in [0.2, 0.25) is 0 Å². The van der Waals surface area contributed by atoms with E-state index in [4.69, 9.17) is 0 Å². The van der Waals surface area contributed by atoms with Crippen LogP contribution in [-0.2, 0) is 0 Å². The Morgan fingerprint density at radius 2 is 2.39 bits per heavy atom. The topological polar surface area (TPSA) is 67.2 Å². The lowest BCUT2D eigenvalue weighted by Crippen LogP contribution is -2.24. The Kier molecular flexibility index (Phi) is 4.54. The van der Waals surface area contributed by atoms with Crippen LogP contribution in [0.4, 0.5) is 11.4 Å². The molecule has 0 aromatic heterocycles. The Bertz CT molecular complexity index is 433. The van der Waals surface area contributed by atoms with Crippen molar-refractivity contribution in [2.75, 3.05) is 18.4 Å². The highest BCUT2D eigenvalue weighted by molar-refractivity contribution is 9.10. The Balaban J connectivity index is 1.93. The molecule has 98 valence electrons. The molecule has 1 fully saturated rings. The number of benzene rings is 1. The van der Waals surface area contributed by atoms with Crippen molar-refractivity contribution in [3.05, 3.63) is 32.8 Å². The van der Waals surface area contributed by atoms with Crippen LogP contribution in [0.3, 0.4) is 0 Å². The summed E-state index contributed by atoms with van der Waals surface area (Å²) in [4.78, 5) is 10.6. The van der Waals surface area contributed by atoms with Gasteiger partial charge in [0.05, 0.1) is 4.92 Å². The Labute approximate surface area is 114 Å². The van der Waals surface area contributed by atoms with Gasteiger partial charge in [0, 0.05) is 23.1 Å². The van der Waals surface area contributed by atoms with Gasteiger partial charge in [0.25, 0.3) is 5.69 Å². The lowest BCUT2D eigenvalue weighted by Gasteiger charge is -2.11. The van der Waals surface area contributed by atoms with Crippen molar-refractivity contribution in [2.45, 2.75) is 25.3 Å². The van der Waals surface area contributed by atoms with Crippen LogP contribution in [0, 0.1) is 10.1 Å². The van der Waals surface area contributed by atoms with Gasteiger partial charge in [-0.1, -0.05) is 15.9 Å². The molecular formula is C12H16BrN3O2. The average Bonchev–Trinajstić information content (AvgIpc) is 2.84. The number of nitrogens with zero attached hydrogens (tertiary/aromatic N) is 1. The van der Waals surface area contributed by atoms with Gasteiger partial charge in [0.15, 0.2) is 0 Å². The second-order valence-corrected chi connectivity index (χ2v) is 5.34. The van der Waals surface area contributed by atoms with Crippen LogP contribution in [-0.4, -0.2) is 24.1 Å². The van der Waals surface area contributed by atoms with Crippen LogP contribution in [0.1, 0.15) is 19.3 Å². The van der Waals surface area contributed by atoms with E-state index in [1.165, 1.54) is 18.9 Å². The van der Waals surface area contributed by atoms with E-state index in [0.717, 1.165) is 24.0 Å². The van der Waals surface area contributed by atoms with Crippen molar-refractivity contribution in [1.82, 2.24) is 5.32 Å². The third-order valence-electron chi connectivity index (χ3n) is 3.13. The number of hydrogen-bond donors (Lipinski definition) is 2. The zero-order valence-corrected chi connectivity index (χ0v) is 11.6. The fraction of sp³-hybridized carbons (Fsp3) is 0.500. The summed E-state index contributed by atoms with van der Waals surface area (Å²) < 4.78 is 0.720. The molecule has 0 spiro atoms. The summed E-state index contributed by atoms with van der Waals surface area (Å²) in [6.07, 6.45) is 3.42. The van der Waals surface area contributed by atoms with Gasteiger partial charge in [0.2, 0.25) is 0 Å². The standard InChI is InChI=1S/C12H16BrN3O2/c13-9-3-4-11(12(8-9)16(17)18)15-7-5-10-2-1-6-14-10/h3-4,8,10,14-15H,1-2,5-7H2/t10-/m0/s1. The summed E-state index contributed by atoms with van der Waals surface area (Å²) in [7, 11) is 0. The summed E-state index contributed by atoms with van der Waals surface area (Å²) in [6, 6.07) is 5.62. The molecule has 2 rings (SSSR count). The molecule has 1 heterocycles. The number of nitrogens with one attached hydrogen (secondary N) is 2. The van der Waals surface area contributed by atoms with Gasteiger partial charge < -0.3 is 10.6 Å². The average molecular weight is 314 g/mol. The van der Waals surface area contributed by atoms with Crippen LogP contribution < -0.4 is 10.6 Å². The molecule has 0 saturated carbocycles. The molecule has 1 aromatic rings. The second-order valence-electron chi connectivity index (χ2n) is 4.43. The van der Waals surface area contributed by atoms with Crippen molar-refractivity contribution in [1.29, 1.82) is 0 Å². The maximum atomic E-state index is 10.9. The molecule has 2 N–H and O–H groups in total. The molecule has 1 atom stereocenters. The lowest BCUT2D eigenvalue weighted by atomic mass is 10.1. The van der Waals surface area contributed by atoms with E-state index in [1.54, 1.807) is 6.07 Å². The first kappa shape index (κ1) is 13.3. The van der Waals surface area contributed by atoms with Crippen molar-refractivity contribution < 1.29 is 4.92 Å². The van der Waals surface area contributed by atoms with Crippen molar-refractivity contribution >= 4 is 27.3 Å². The molecule has 6 heteroatoms. The van der Waals surface area contributed by atoms with E-state index in [9.17, 15) is 10.1 Å². The first-order chi connectivity index (χ1) is 8.66. The largest absolute Gasteiger partial charge is 0.379 e. The highest BCUT2D eigenvalue weighted by atomic mass is 79.9. The van der Waals surface area contributed by atoms with Gasteiger partial charge in [-0.3, -0.25) is 10.1 Å². The molecule has 0 radical (unpaired) electrons. The smallest absolute Gasteiger partial charge is 0.293 e. The van der Waals surface area contributed by atoms with Gasteiger partial charge in [-0.25, -0.2) is 0 Å². The van der Waals surface area contributed by atoms with Gasteiger partial charge >= 0.3 is 0 Å². The fourth-order valence-corrected chi connectivity index (χ4v) is 2.54. The summed E-state index contributed by atoms with van der Waals surface area (Å²) in [5, 5.41) is 17.5. The fourth-order valence-electron chi connectivity index (χ4n) is 2.19. The zero-order chi connectivity index (χ0) is 13.0. The van der Waals surface area contributed by atoms with E-state index in [0.29, 0.717) is 11.7 Å². The summed E-state index contributed by atoms with van der Waals surface area (Å²) in [5.41, 5.74) is 0.699. The maximum Gasteiger partial charge on any atom is 0.293 e. The molecule has 1 aromatic carbocycles. The van der Waals surface area contributed by atoms with E-state index in [-0.39, 0.29) is 10.6 Å². The van der Waals surface area contributed by atoms with Gasteiger partial charge in [-0.2, -0.15) is 0 Å². The third-order valence-corrected chi connectivity index (χ3v) is 3.62. The minimum absolute atomic E-state index is 0.115. The molecule has 5 nitrogen and oxygen atoms in total. The SMILES string of the molecule is O=[N+]([O-])c1cc(Br)ccc1NCC[C@@H]1CCCN1. The molecule has 0 bridgehead atoms. The number of nitro benzene ring substituents is 1. The highest BCUT2D eigenvalue weighted by Crippen LogP contribution is 2.28. The molecular weight excluding hydrogens is 298 g/mol. The normalized spacial score (nSPS) is 18.8. The number of hydrogen-bond acceptors (Lipinski definition) is 4. The monoisotopic (exact) mass is 313 g/mol. The van der Waals surface area contributed by atoms with E-state index < -0.39 is 0 Å². The minimum Gasteiger partial charge on any atom is -0.379 e. The summed E-state index contributed by atoms with van der Waals surface area (Å²) >= 11 is 3.24. The highest BCUT2D eigenvalue weighted by Gasteiger charge is 2.16. The lowest BCUT2D eigenvalue weighted by molar-refractivity contribution is -0.384. The van der Waals surface area contributed by atoms with Gasteiger partial charge in [-0.05, 0) is 37.9 Å². The first-order valence-corrected chi connectivity index (χ1v) is 6.87. The third kappa shape index (κ3) is 3.43. The van der Waals surface area contributed by atoms with Crippen molar-refractivity contribution in [3.8, 4) is 0 Å².